The van der Waals surface area contributed by atoms with E-state index in [1.54, 1.807) is 13.2 Å². The van der Waals surface area contributed by atoms with E-state index in [1.165, 1.54) is 6.08 Å². The quantitative estimate of drug-likeness (QED) is 0.618. The molecule has 4 nitrogen and oxygen atoms in total. The summed E-state index contributed by atoms with van der Waals surface area (Å²) in [5.74, 6) is -0.812. The number of anilines is 1. The maximum Gasteiger partial charge on any atom is 0.328 e. The molecule has 0 amide bonds. The van der Waals surface area contributed by atoms with Crippen molar-refractivity contribution in [2.75, 3.05) is 26.1 Å². The molecule has 0 fully saturated rings. The molecule has 1 unspecified atom stereocenters. The molecular formula is C17H23NO3. The molecule has 1 aromatic carbocycles. The molecule has 1 rings (SSSR count). The SMILES string of the molecule is COC(c1ccc(N(C)C)cc1)[C@H](C)C=CC=CC(=O)O. The zero-order chi connectivity index (χ0) is 15.8. The Kier molecular flexibility index (Phi) is 6.69. The number of rotatable bonds is 7. The van der Waals surface area contributed by atoms with Crippen LogP contribution in [0.25, 0.3) is 0 Å². The second kappa shape index (κ2) is 8.27. The van der Waals surface area contributed by atoms with Crippen molar-refractivity contribution in [3.8, 4) is 0 Å². The normalized spacial score (nSPS) is 14.5. The van der Waals surface area contributed by atoms with Crippen LogP contribution in [0.5, 0.6) is 0 Å². The number of allylic oxidation sites excluding steroid dienone is 2. The van der Waals surface area contributed by atoms with Crippen molar-refractivity contribution in [2.45, 2.75) is 13.0 Å². The van der Waals surface area contributed by atoms with E-state index < -0.39 is 5.97 Å². The van der Waals surface area contributed by atoms with Gasteiger partial charge in [-0.15, -0.1) is 0 Å². The molecule has 1 aromatic rings. The zero-order valence-electron chi connectivity index (χ0n) is 13.0. The minimum atomic E-state index is -0.949. The highest BCUT2D eigenvalue weighted by Gasteiger charge is 2.16. The van der Waals surface area contributed by atoms with Crippen LogP contribution in [0, 0.1) is 5.92 Å². The average molecular weight is 289 g/mol. The molecule has 4 heteroatoms. The number of hydrogen-bond donors (Lipinski definition) is 1. The van der Waals surface area contributed by atoms with Gasteiger partial charge in [-0.3, -0.25) is 0 Å². The summed E-state index contributed by atoms with van der Waals surface area (Å²) in [6.45, 7) is 2.04. The Hall–Kier alpha value is -2.07. The molecule has 21 heavy (non-hydrogen) atoms. The first kappa shape index (κ1) is 17.0. The van der Waals surface area contributed by atoms with Crippen LogP contribution < -0.4 is 4.90 Å². The van der Waals surface area contributed by atoms with Gasteiger partial charge in [0.05, 0.1) is 6.10 Å². The Labute approximate surface area is 126 Å². The van der Waals surface area contributed by atoms with Gasteiger partial charge in [0, 0.05) is 38.9 Å². The highest BCUT2D eigenvalue weighted by atomic mass is 16.5. The van der Waals surface area contributed by atoms with Crippen LogP contribution in [-0.4, -0.2) is 32.3 Å². The van der Waals surface area contributed by atoms with Gasteiger partial charge < -0.3 is 14.7 Å². The van der Waals surface area contributed by atoms with E-state index >= 15 is 0 Å². The van der Waals surface area contributed by atoms with Crippen LogP contribution in [0.3, 0.4) is 0 Å². The van der Waals surface area contributed by atoms with Gasteiger partial charge in [-0.25, -0.2) is 4.79 Å². The summed E-state index contributed by atoms with van der Waals surface area (Å²) in [6, 6.07) is 8.23. The number of carbonyl (C=O) groups is 1. The van der Waals surface area contributed by atoms with Gasteiger partial charge in [0.15, 0.2) is 0 Å². The second-order valence-electron chi connectivity index (χ2n) is 5.08. The van der Waals surface area contributed by atoms with Crippen molar-refractivity contribution in [2.24, 2.45) is 5.92 Å². The maximum absolute atomic E-state index is 10.4. The smallest absolute Gasteiger partial charge is 0.328 e. The molecule has 1 N–H and O–H groups in total. The summed E-state index contributed by atoms with van der Waals surface area (Å²) in [4.78, 5) is 12.4. The van der Waals surface area contributed by atoms with E-state index in [9.17, 15) is 4.79 Å². The minimum absolute atomic E-state index is 0.0595. The summed E-state index contributed by atoms with van der Waals surface area (Å²) in [5, 5.41) is 8.53. The summed E-state index contributed by atoms with van der Waals surface area (Å²) in [5.41, 5.74) is 2.24. The number of hydrogen-bond acceptors (Lipinski definition) is 3. The van der Waals surface area contributed by atoms with E-state index in [0.717, 1.165) is 17.3 Å². The van der Waals surface area contributed by atoms with Crippen molar-refractivity contribution >= 4 is 11.7 Å². The summed E-state index contributed by atoms with van der Waals surface area (Å²) in [6.07, 6.45) is 6.24. The molecule has 0 aliphatic heterocycles. The van der Waals surface area contributed by atoms with Gasteiger partial charge in [-0.2, -0.15) is 0 Å². The molecule has 0 bridgehead atoms. The van der Waals surface area contributed by atoms with Crippen LogP contribution in [0.2, 0.25) is 0 Å². The van der Waals surface area contributed by atoms with Crippen LogP contribution in [0.15, 0.2) is 48.6 Å². The Morgan fingerprint density at radius 1 is 1.24 bits per heavy atom. The highest BCUT2D eigenvalue weighted by molar-refractivity contribution is 5.80. The topological polar surface area (TPSA) is 49.8 Å². The predicted octanol–water partition coefficient (Wildman–Crippen LogP) is 3.27. The minimum Gasteiger partial charge on any atom is -0.478 e. The molecular weight excluding hydrogens is 266 g/mol. The summed E-state index contributed by atoms with van der Waals surface area (Å²) < 4.78 is 5.57. The fourth-order valence-electron chi connectivity index (χ4n) is 2.09. The van der Waals surface area contributed by atoms with Crippen molar-refractivity contribution < 1.29 is 14.6 Å². The van der Waals surface area contributed by atoms with Gasteiger partial charge in [-0.1, -0.05) is 37.3 Å². The fraction of sp³-hybridized carbons (Fsp3) is 0.353. The molecule has 0 aliphatic rings. The third-order valence-corrected chi connectivity index (χ3v) is 3.23. The molecule has 0 saturated carbocycles. The van der Waals surface area contributed by atoms with E-state index in [-0.39, 0.29) is 12.0 Å². The van der Waals surface area contributed by atoms with Gasteiger partial charge >= 0.3 is 5.97 Å². The first-order chi connectivity index (χ1) is 9.95. The lowest BCUT2D eigenvalue weighted by atomic mass is 9.96. The van der Waals surface area contributed by atoms with Gasteiger partial charge in [0.25, 0.3) is 0 Å². The fourth-order valence-corrected chi connectivity index (χ4v) is 2.09. The number of ether oxygens (including phenoxy) is 1. The van der Waals surface area contributed by atoms with E-state index in [0.29, 0.717) is 0 Å². The highest BCUT2D eigenvalue weighted by Crippen LogP contribution is 2.27. The average Bonchev–Trinajstić information content (AvgIpc) is 2.44. The van der Waals surface area contributed by atoms with Crippen LogP contribution >= 0.6 is 0 Å². The molecule has 114 valence electrons. The monoisotopic (exact) mass is 289 g/mol. The molecule has 2 atom stereocenters. The van der Waals surface area contributed by atoms with Crippen molar-refractivity contribution in [3.63, 3.8) is 0 Å². The Bertz CT molecular complexity index is 503. The first-order valence-corrected chi connectivity index (χ1v) is 6.83. The third kappa shape index (κ3) is 5.44. The van der Waals surface area contributed by atoms with Crippen molar-refractivity contribution in [1.82, 2.24) is 0 Å². The lowest BCUT2D eigenvalue weighted by molar-refractivity contribution is -0.131. The van der Waals surface area contributed by atoms with Gasteiger partial charge in [-0.05, 0) is 17.7 Å². The summed E-state index contributed by atoms with van der Waals surface area (Å²) >= 11 is 0. The second-order valence-corrected chi connectivity index (χ2v) is 5.08. The van der Waals surface area contributed by atoms with Crippen LogP contribution in [0.1, 0.15) is 18.6 Å². The van der Waals surface area contributed by atoms with E-state index in [1.807, 2.05) is 32.0 Å². The summed E-state index contributed by atoms with van der Waals surface area (Å²) in [7, 11) is 5.69. The molecule has 0 radical (unpaired) electrons. The largest absolute Gasteiger partial charge is 0.478 e. The van der Waals surface area contributed by atoms with Crippen LogP contribution in [-0.2, 0) is 9.53 Å². The number of benzene rings is 1. The van der Waals surface area contributed by atoms with Gasteiger partial charge in [0.1, 0.15) is 0 Å². The lowest BCUT2D eigenvalue weighted by Crippen LogP contribution is -2.11. The van der Waals surface area contributed by atoms with E-state index in [2.05, 4.69) is 24.3 Å². The first-order valence-electron chi connectivity index (χ1n) is 6.83. The lowest BCUT2D eigenvalue weighted by Gasteiger charge is -2.21. The number of nitrogens with zero attached hydrogens (tertiary/aromatic N) is 1. The Morgan fingerprint density at radius 2 is 1.86 bits per heavy atom. The number of methoxy groups -OCH3 is 1. The number of carboxylic acid groups (broad SMARTS) is 1. The Balaban J connectivity index is 2.79. The maximum atomic E-state index is 10.4. The standard InChI is InChI=1S/C17H23NO3/c1-13(7-5-6-8-16(19)20)17(21-4)14-9-11-15(12-10-14)18(2)3/h5-13,17H,1-4H3,(H,19,20)/t13-,17?/m1/s1. The third-order valence-electron chi connectivity index (χ3n) is 3.23. The van der Waals surface area contributed by atoms with E-state index in [4.69, 9.17) is 9.84 Å². The Morgan fingerprint density at radius 3 is 2.33 bits per heavy atom. The van der Waals surface area contributed by atoms with Crippen LogP contribution in [0.4, 0.5) is 5.69 Å². The predicted molar refractivity (Wildman–Crippen MR) is 85.6 cm³/mol. The molecule has 0 aliphatic carbocycles. The molecule has 0 spiro atoms. The van der Waals surface area contributed by atoms with Crippen molar-refractivity contribution in [3.05, 3.63) is 54.1 Å². The van der Waals surface area contributed by atoms with Crippen molar-refractivity contribution in [1.29, 1.82) is 0 Å². The van der Waals surface area contributed by atoms with Gasteiger partial charge in [0.2, 0.25) is 0 Å². The molecule has 0 aromatic heterocycles. The number of aliphatic carboxylic acids is 1. The molecule has 0 heterocycles. The molecule has 0 saturated heterocycles. The number of carboxylic acids is 1. The zero-order valence-corrected chi connectivity index (χ0v) is 13.0.